The summed E-state index contributed by atoms with van der Waals surface area (Å²) in [4.78, 5) is 2.21. The molecule has 5 heteroatoms. The summed E-state index contributed by atoms with van der Waals surface area (Å²) in [6.45, 7) is 7.29. The zero-order valence-electron chi connectivity index (χ0n) is 10.9. The van der Waals surface area contributed by atoms with E-state index in [4.69, 9.17) is 4.42 Å². The molecule has 1 saturated heterocycles. The lowest BCUT2D eigenvalue weighted by molar-refractivity contribution is 0.436. The minimum atomic E-state index is 0.635. The number of hydrogen-bond acceptors (Lipinski definition) is 5. The largest absolute Gasteiger partial charge is 0.407 e. The Balaban J connectivity index is 1.90. The molecule has 1 atom stereocenters. The second kappa shape index (κ2) is 5.49. The van der Waals surface area contributed by atoms with E-state index in [-0.39, 0.29) is 0 Å². The maximum atomic E-state index is 5.60. The monoisotopic (exact) mass is 238 g/mol. The highest BCUT2D eigenvalue weighted by atomic mass is 16.4. The van der Waals surface area contributed by atoms with Gasteiger partial charge in [-0.05, 0) is 31.7 Å². The molecule has 2 rings (SSSR count). The zero-order chi connectivity index (χ0) is 12.3. The fourth-order valence-corrected chi connectivity index (χ4v) is 2.46. The van der Waals surface area contributed by atoms with E-state index in [1.54, 1.807) is 0 Å². The van der Waals surface area contributed by atoms with E-state index in [0.717, 1.165) is 24.9 Å². The van der Waals surface area contributed by atoms with E-state index in [1.165, 1.54) is 12.8 Å². The molecule has 1 unspecified atom stereocenters. The lowest BCUT2D eigenvalue weighted by atomic mass is 9.97. The second-order valence-electron chi connectivity index (χ2n) is 5.24. The van der Waals surface area contributed by atoms with Crippen molar-refractivity contribution < 1.29 is 4.42 Å². The molecule has 0 spiro atoms. The van der Waals surface area contributed by atoms with Gasteiger partial charge in [0.05, 0.1) is 6.54 Å². The van der Waals surface area contributed by atoms with E-state index in [0.29, 0.717) is 18.5 Å². The summed E-state index contributed by atoms with van der Waals surface area (Å²) in [7, 11) is 1.87. The van der Waals surface area contributed by atoms with Crippen molar-refractivity contribution in [1.29, 1.82) is 0 Å². The van der Waals surface area contributed by atoms with Gasteiger partial charge in [0.2, 0.25) is 5.89 Å². The topological polar surface area (TPSA) is 54.2 Å². The van der Waals surface area contributed by atoms with Gasteiger partial charge in [-0.15, -0.1) is 5.10 Å². The number of nitrogens with zero attached hydrogens (tertiary/aromatic N) is 3. The van der Waals surface area contributed by atoms with E-state index < -0.39 is 0 Å². The molecule has 1 N–H and O–H groups in total. The fraction of sp³-hybridized carbons (Fsp3) is 0.833. The normalized spacial score (nSPS) is 20.5. The van der Waals surface area contributed by atoms with Crippen molar-refractivity contribution in [2.75, 3.05) is 25.0 Å². The van der Waals surface area contributed by atoms with Gasteiger partial charge < -0.3 is 14.6 Å². The first-order valence-electron chi connectivity index (χ1n) is 6.41. The molecule has 17 heavy (non-hydrogen) atoms. The van der Waals surface area contributed by atoms with Crippen molar-refractivity contribution in [3.63, 3.8) is 0 Å². The Morgan fingerprint density at radius 1 is 1.47 bits per heavy atom. The van der Waals surface area contributed by atoms with Crippen LogP contribution in [0.5, 0.6) is 0 Å². The molecule has 1 aromatic rings. The van der Waals surface area contributed by atoms with E-state index in [2.05, 4.69) is 34.3 Å². The summed E-state index contributed by atoms with van der Waals surface area (Å²) in [6.07, 6.45) is 2.52. The molecule has 1 aliphatic rings. The Kier molecular flexibility index (Phi) is 3.99. The average Bonchev–Trinajstić information content (AvgIpc) is 2.86. The molecule has 5 nitrogen and oxygen atoms in total. The number of anilines is 1. The quantitative estimate of drug-likeness (QED) is 0.845. The SMILES string of the molecule is CNCc1nnc(N2CCC(CC(C)C)C2)o1. The van der Waals surface area contributed by atoms with E-state index in [9.17, 15) is 0 Å². The van der Waals surface area contributed by atoms with Crippen LogP contribution in [0.4, 0.5) is 6.01 Å². The maximum Gasteiger partial charge on any atom is 0.318 e. The van der Waals surface area contributed by atoms with Gasteiger partial charge in [-0.1, -0.05) is 18.9 Å². The summed E-state index contributed by atoms with van der Waals surface area (Å²) in [5, 5.41) is 11.1. The molecular weight excluding hydrogens is 216 g/mol. The Bertz CT molecular complexity index is 350. The second-order valence-corrected chi connectivity index (χ2v) is 5.24. The van der Waals surface area contributed by atoms with Gasteiger partial charge in [-0.3, -0.25) is 0 Å². The van der Waals surface area contributed by atoms with Gasteiger partial charge in [0.25, 0.3) is 0 Å². The Morgan fingerprint density at radius 2 is 2.29 bits per heavy atom. The van der Waals surface area contributed by atoms with Crippen molar-refractivity contribution in [3.8, 4) is 0 Å². The highest BCUT2D eigenvalue weighted by molar-refractivity contribution is 5.26. The summed E-state index contributed by atoms with van der Waals surface area (Å²) >= 11 is 0. The molecule has 0 radical (unpaired) electrons. The summed E-state index contributed by atoms with van der Waals surface area (Å²) in [5.41, 5.74) is 0. The van der Waals surface area contributed by atoms with Crippen LogP contribution in [-0.4, -0.2) is 30.3 Å². The van der Waals surface area contributed by atoms with Crippen molar-refractivity contribution >= 4 is 6.01 Å². The summed E-state index contributed by atoms with van der Waals surface area (Å²) in [5.74, 6) is 2.20. The van der Waals surface area contributed by atoms with Crippen molar-refractivity contribution in [2.24, 2.45) is 11.8 Å². The van der Waals surface area contributed by atoms with Gasteiger partial charge in [0.1, 0.15) is 0 Å². The maximum absolute atomic E-state index is 5.60. The highest BCUT2D eigenvalue weighted by Crippen LogP contribution is 2.26. The number of rotatable bonds is 5. The van der Waals surface area contributed by atoms with Crippen LogP contribution in [-0.2, 0) is 6.54 Å². The highest BCUT2D eigenvalue weighted by Gasteiger charge is 2.26. The van der Waals surface area contributed by atoms with E-state index >= 15 is 0 Å². The first-order chi connectivity index (χ1) is 8.19. The zero-order valence-corrected chi connectivity index (χ0v) is 10.9. The third-order valence-corrected chi connectivity index (χ3v) is 3.15. The van der Waals surface area contributed by atoms with Gasteiger partial charge in [-0.2, -0.15) is 0 Å². The first kappa shape index (κ1) is 12.4. The van der Waals surface area contributed by atoms with Crippen LogP contribution >= 0.6 is 0 Å². The molecule has 1 aromatic heterocycles. The molecular formula is C12H22N4O. The fourth-order valence-electron chi connectivity index (χ4n) is 2.46. The smallest absolute Gasteiger partial charge is 0.318 e. The van der Waals surface area contributed by atoms with Crippen LogP contribution in [0.1, 0.15) is 32.6 Å². The van der Waals surface area contributed by atoms with Crippen LogP contribution in [0, 0.1) is 11.8 Å². The standard InChI is InChI=1S/C12H22N4O/c1-9(2)6-10-4-5-16(8-10)12-15-14-11(17-12)7-13-3/h9-10,13H,4-8H2,1-3H3. The predicted octanol–water partition coefficient (Wildman–Crippen LogP) is 1.66. The van der Waals surface area contributed by atoms with Crippen LogP contribution in [0.15, 0.2) is 4.42 Å². The number of aromatic nitrogens is 2. The molecule has 1 aliphatic heterocycles. The van der Waals surface area contributed by atoms with Crippen LogP contribution < -0.4 is 10.2 Å². The predicted molar refractivity (Wildman–Crippen MR) is 66.8 cm³/mol. The van der Waals surface area contributed by atoms with Gasteiger partial charge >= 0.3 is 6.01 Å². The summed E-state index contributed by atoms with van der Waals surface area (Å²) < 4.78 is 5.60. The molecule has 2 heterocycles. The molecule has 1 fully saturated rings. The van der Waals surface area contributed by atoms with Crippen LogP contribution in [0.2, 0.25) is 0 Å². The van der Waals surface area contributed by atoms with Gasteiger partial charge in [0.15, 0.2) is 0 Å². The van der Waals surface area contributed by atoms with Gasteiger partial charge in [-0.25, -0.2) is 0 Å². The Morgan fingerprint density at radius 3 is 3.00 bits per heavy atom. The first-order valence-corrected chi connectivity index (χ1v) is 6.41. The van der Waals surface area contributed by atoms with Crippen molar-refractivity contribution in [3.05, 3.63) is 5.89 Å². The molecule has 0 bridgehead atoms. The molecule has 0 amide bonds. The van der Waals surface area contributed by atoms with Crippen molar-refractivity contribution in [1.82, 2.24) is 15.5 Å². The lowest BCUT2D eigenvalue weighted by Gasteiger charge is -2.14. The van der Waals surface area contributed by atoms with E-state index in [1.807, 2.05) is 7.05 Å². The molecule has 0 aliphatic carbocycles. The van der Waals surface area contributed by atoms with Crippen molar-refractivity contribution in [2.45, 2.75) is 33.2 Å². The number of nitrogens with one attached hydrogen (secondary N) is 1. The lowest BCUT2D eigenvalue weighted by Crippen LogP contribution is -2.20. The third-order valence-electron chi connectivity index (χ3n) is 3.15. The van der Waals surface area contributed by atoms with Crippen LogP contribution in [0.25, 0.3) is 0 Å². The van der Waals surface area contributed by atoms with Crippen LogP contribution in [0.3, 0.4) is 0 Å². The minimum Gasteiger partial charge on any atom is -0.407 e. The minimum absolute atomic E-state index is 0.635. The molecule has 0 aromatic carbocycles. The number of hydrogen-bond donors (Lipinski definition) is 1. The molecule has 0 saturated carbocycles. The molecule has 96 valence electrons. The third kappa shape index (κ3) is 3.19. The Labute approximate surface area is 103 Å². The van der Waals surface area contributed by atoms with Gasteiger partial charge in [0, 0.05) is 13.1 Å². The average molecular weight is 238 g/mol. The summed E-state index contributed by atoms with van der Waals surface area (Å²) in [6, 6.07) is 0.682. The Hall–Kier alpha value is -1.10.